The van der Waals surface area contributed by atoms with Gasteiger partial charge in [-0.15, -0.1) is 0 Å². The second kappa shape index (κ2) is 15.2. The van der Waals surface area contributed by atoms with Gasteiger partial charge in [-0.1, -0.05) is 84.0 Å². The number of amides is 3. The van der Waals surface area contributed by atoms with Gasteiger partial charge in [0.05, 0.1) is 0 Å². The minimum Gasteiger partial charge on any atom is -0.456 e. The minimum atomic E-state index is -1.02. The Morgan fingerprint density at radius 2 is 1.69 bits per heavy atom. The van der Waals surface area contributed by atoms with E-state index >= 15 is 0 Å². The van der Waals surface area contributed by atoms with Crippen molar-refractivity contribution in [2.75, 3.05) is 18.1 Å². The van der Waals surface area contributed by atoms with Crippen molar-refractivity contribution in [2.24, 2.45) is 11.8 Å². The number of hydrogen-bond acceptors (Lipinski definition) is 8. The maximum atomic E-state index is 13.7. The Bertz CT molecular complexity index is 1340. The van der Waals surface area contributed by atoms with Crippen molar-refractivity contribution in [1.82, 2.24) is 16.0 Å². The molecule has 0 saturated carbocycles. The van der Waals surface area contributed by atoms with E-state index in [-0.39, 0.29) is 36.7 Å². The lowest BCUT2D eigenvalue weighted by Gasteiger charge is -2.26. The number of fused-ring (bicyclic) bond motifs is 8. The summed E-state index contributed by atoms with van der Waals surface area (Å²) in [6, 6.07) is 11.6. The minimum absolute atomic E-state index is 0.0396. The summed E-state index contributed by atoms with van der Waals surface area (Å²) in [6.45, 7) is 3.29. The van der Waals surface area contributed by atoms with Crippen LogP contribution in [0, 0.1) is 11.8 Å². The Morgan fingerprint density at radius 1 is 0.905 bits per heavy atom. The highest BCUT2D eigenvalue weighted by Gasteiger charge is 2.33. The van der Waals surface area contributed by atoms with Gasteiger partial charge >= 0.3 is 5.97 Å². The van der Waals surface area contributed by atoms with E-state index in [0.717, 1.165) is 22.1 Å². The molecule has 2 aromatic rings. The molecule has 2 aliphatic rings. The largest absolute Gasteiger partial charge is 0.456 e. The summed E-state index contributed by atoms with van der Waals surface area (Å²) in [5.74, 6) is -2.23. The molecule has 3 N–H and O–H groups in total. The third kappa shape index (κ3) is 8.84. The van der Waals surface area contributed by atoms with Crippen LogP contribution in [0.25, 0.3) is 10.8 Å². The van der Waals surface area contributed by atoms with Gasteiger partial charge in [-0.2, -0.15) is 0 Å². The van der Waals surface area contributed by atoms with Crippen molar-refractivity contribution in [1.29, 1.82) is 0 Å². The molecule has 2 bridgehead atoms. The first-order valence-corrected chi connectivity index (χ1v) is 16.7. The molecular weight excluding hydrogens is 574 g/mol. The third-order valence-electron chi connectivity index (χ3n) is 7.31. The summed E-state index contributed by atoms with van der Waals surface area (Å²) in [5, 5.41) is 10.3. The first-order valence-electron chi connectivity index (χ1n) is 14.2. The van der Waals surface area contributed by atoms with Gasteiger partial charge in [0.2, 0.25) is 17.7 Å². The van der Waals surface area contributed by atoms with Gasteiger partial charge in [-0.3, -0.25) is 24.0 Å². The molecule has 0 aliphatic carbocycles. The summed E-state index contributed by atoms with van der Waals surface area (Å²) in [4.78, 5) is 66.4. The number of nitrogens with one attached hydrogen (secondary N) is 3. The number of ether oxygens (including phenoxy) is 1. The third-order valence-corrected chi connectivity index (χ3v) is 9.76. The highest BCUT2D eigenvalue weighted by atomic mass is 33.1. The molecule has 0 aromatic heterocycles. The molecule has 1 fully saturated rings. The maximum absolute atomic E-state index is 13.7. The van der Waals surface area contributed by atoms with Crippen molar-refractivity contribution < 1.29 is 28.7 Å². The first-order chi connectivity index (χ1) is 20.2. The van der Waals surface area contributed by atoms with E-state index in [9.17, 15) is 24.0 Å². The zero-order valence-corrected chi connectivity index (χ0v) is 25.4. The van der Waals surface area contributed by atoms with E-state index < -0.39 is 54.3 Å². The van der Waals surface area contributed by atoms with Crippen molar-refractivity contribution in [2.45, 2.75) is 57.7 Å². The number of carbonyl (C=O) groups is 5. The smallest absolute Gasteiger partial charge is 0.326 e. The van der Waals surface area contributed by atoms with Gasteiger partial charge in [0.25, 0.3) is 0 Å². The number of carbonyl (C=O) groups excluding carboxylic acids is 5. The van der Waals surface area contributed by atoms with Crippen LogP contribution in [0.2, 0.25) is 0 Å². The lowest BCUT2D eigenvalue weighted by atomic mass is 9.88. The molecule has 2 aromatic carbocycles. The number of allylic oxidation sites excluding steroid dienone is 1. The van der Waals surface area contributed by atoms with E-state index in [1.165, 1.54) is 10.8 Å². The van der Waals surface area contributed by atoms with Crippen molar-refractivity contribution >= 4 is 61.8 Å². The fourth-order valence-electron chi connectivity index (χ4n) is 5.00. The van der Waals surface area contributed by atoms with E-state index in [0.29, 0.717) is 6.42 Å². The Labute approximate surface area is 253 Å². The molecule has 0 unspecified atom stereocenters. The monoisotopic (exact) mass is 611 g/mol. The van der Waals surface area contributed by atoms with Crippen molar-refractivity contribution in [3.05, 3.63) is 60.2 Å². The van der Waals surface area contributed by atoms with Gasteiger partial charge in [0.1, 0.15) is 30.5 Å². The second-order valence-electron chi connectivity index (χ2n) is 10.8. The summed E-state index contributed by atoms with van der Waals surface area (Å²) in [5.41, 5.74) is 0.852. The lowest BCUT2D eigenvalue weighted by molar-refractivity contribution is -0.148. The first kappa shape index (κ1) is 31.6. The Kier molecular flexibility index (Phi) is 11.5. The normalized spacial score (nSPS) is 26.1. The topological polar surface area (TPSA) is 131 Å². The molecule has 224 valence electrons. The molecule has 0 spiro atoms. The van der Waals surface area contributed by atoms with Crippen LogP contribution in [0.4, 0.5) is 0 Å². The van der Waals surface area contributed by atoms with E-state index in [4.69, 9.17) is 4.74 Å². The Morgan fingerprint density at radius 3 is 2.50 bits per heavy atom. The van der Waals surface area contributed by atoms with Crippen LogP contribution in [-0.2, 0) is 35.1 Å². The van der Waals surface area contributed by atoms with E-state index in [1.54, 1.807) is 16.9 Å². The lowest BCUT2D eigenvalue weighted by Crippen LogP contribution is -2.56. The number of esters is 1. The maximum Gasteiger partial charge on any atom is 0.326 e. The zero-order valence-electron chi connectivity index (χ0n) is 23.8. The van der Waals surface area contributed by atoms with Crippen LogP contribution < -0.4 is 16.0 Å². The quantitative estimate of drug-likeness (QED) is 0.274. The molecule has 2 heterocycles. The molecule has 4 rings (SSSR count). The fraction of sp³-hybridized carbons (Fsp3) is 0.452. The molecule has 3 amide bonds. The average molecular weight is 612 g/mol. The van der Waals surface area contributed by atoms with Gasteiger partial charge in [0, 0.05) is 36.7 Å². The molecule has 11 heteroatoms. The van der Waals surface area contributed by atoms with Crippen LogP contribution in [0.15, 0.2) is 54.6 Å². The van der Waals surface area contributed by atoms with Crippen LogP contribution >= 0.6 is 21.6 Å². The zero-order chi connectivity index (χ0) is 30.1. The summed E-state index contributed by atoms with van der Waals surface area (Å²) >= 11 is 0. The van der Waals surface area contributed by atoms with Gasteiger partial charge in [0.15, 0.2) is 0 Å². The van der Waals surface area contributed by atoms with Gasteiger partial charge in [-0.05, 0) is 34.8 Å². The Hall–Kier alpha value is -3.31. The molecule has 4 atom stereocenters. The molecule has 42 heavy (non-hydrogen) atoms. The SMILES string of the molecule is CC(C)[C@H]1CC(=O)C[C@H]2/C=C/CCSSC[C@@H](NC1=O)C(=O)N[C@@H](Cc1cccc3ccccc13)C(=O)NCC(=O)O2. The average Bonchev–Trinajstić information content (AvgIpc) is 2.96. The second-order valence-corrected chi connectivity index (χ2v) is 13.5. The summed E-state index contributed by atoms with van der Waals surface area (Å²) < 4.78 is 5.58. The van der Waals surface area contributed by atoms with E-state index in [2.05, 4.69) is 16.0 Å². The summed E-state index contributed by atoms with van der Waals surface area (Å²) in [7, 11) is 3.01. The Balaban J connectivity index is 1.70. The van der Waals surface area contributed by atoms with Gasteiger partial charge < -0.3 is 20.7 Å². The van der Waals surface area contributed by atoms with E-state index in [1.807, 2.05) is 62.4 Å². The highest BCUT2D eigenvalue weighted by molar-refractivity contribution is 8.76. The van der Waals surface area contributed by atoms with Crippen molar-refractivity contribution in [3.63, 3.8) is 0 Å². The number of rotatable bonds is 3. The van der Waals surface area contributed by atoms with Crippen LogP contribution in [0.1, 0.15) is 38.7 Å². The van der Waals surface area contributed by atoms with Gasteiger partial charge in [-0.25, -0.2) is 0 Å². The fourth-order valence-corrected chi connectivity index (χ4v) is 7.16. The van der Waals surface area contributed by atoms with Crippen LogP contribution in [0.3, 0.4) is 0 Å². The standard InChI is InChI=1S/C31H37N3O6S2/c1-19(2)25-16-22(35)15-23-11-5-6-13-41-42-18-27(34-29(25)37)31(39)33-26(30(38)32-17-28(36)40-23)14-21-10-7-9-20-8-3-4-12-24(20)21/h3-5,7-12,19,23,25-27H,6,13-18H2,1-2H3,(H,32,38)(H,33,39)(H,34,37)/b11-5+/t23-,25-,26+,27-/m1/s1. The summed E-state index contributed by atoms with van der Waals surface area (Å²) in [6.07, 6.45) is 3.47. The number of ketones is 1. The van der Waals surface area contributed by atoms with Crippen LogP contribution in [-0.4, -0.2) is 65.7 Å². The molecule has 2 aliphatic heterocycles. The highest BCUT2D eigenvalue weighted by Crippen LogP contribution is 2.25. The van der Waals surface area contributed by atoms with Crippen molar-refractivity contribution in [3.8, 4) is 0 Å². The predicted octanol–water partition coefficient (Wildman–Crippen LogP) is 3.36. The number of benzene rings is 2. The molecule has 1 saturated heterocycles. The predicted molar refractivity (Wildman–Crippen MR) is 166 cm³/mol. The molecule has 0 radical (unpaired) electrons. The molecular formula is C31H37N3O6S2. The molecule has 9 nitrogen and oxygen atoms in total. The van der Waals surface area contributed by atoms with Crippen LogP contribution in [0.5, 0.6) is 0 Å². The number of Topliss-reactive ketones (excluding diaryl/α,β-unsaturated/α-hetero) is 1. The number of hydrogen-bond donors (Lipinski definition) is 3.